The third-order valence-electron chi connectivity index (χ3n) is 3.30. The van der Waals surface area contributed by atoms with Gasteiger partial charge < -0.3 is 15.6 Å². The molecule has 0 radical (unpaired) electrons. The van der Waals surface area contributed by atoms with Gasteiger partial charge in [0.25, 0.3) is 5.91 Å². The summed E-state index contributed by atoms with van der Waals surface area (Å²) < 4.78 is 0. The Hall–Kier alpha value is -2.23. The maximum Gasteiger partial charge on any atom is 0.256 e. The fourth-order valence-electron chi connectivity index (χ4n) is 2.25. The van der Waals surface area contributed by atoms with Gasteiger partial charge in [-0.25, -0.2) is 0 Å². The lowest BCUT2D eigenvalue weighted by Crippen LogP contribution is -2.45. The highest BCUT2D eigenvalue weighted by atomic mass is 16.2. The summed E-state index contributed by atoms with van der Waals surface area (Å²) in [6.45, 7) is 10.3. The third-order valence-corrected chi connectivity index (χ3v) is 3.30. The smallest absolute Gasteiger partial charge is 0.256 e. The number of anilines is 1. The number of nitrogens with one attached hydrogen (secondary N) is 1. The summed E-state index contributed by atoms with van der Waals surface area (Å²) >= 11 is 0. The Kier molecular flexibility index (Phi) is 3.57. The summed E-state index contributed by atoms with van der Waals surface area (Å²) in [6, 6.07) is 5.53. The molecule has 0 aliphatic carbocycles. The number of nitrogens with two attached hydrogens (primary N) is 1. The van der Waals surface area contributed by atoms with E-state index in [4.69, 9.17) is 5.73 Å². The van der Waals surface area contributed by atoms with Crippen LogP contribution in [0.2, 0.25) is 0 Å². The normalized spacial score (nSPS) is 11.6. The van der Waals surface area contributed by atoms with Crippen LogP contribution in [0.4, 0.5) is 5.69 Å². The standard InChI is InChI=1S/C16H21N3O/c1-5-8-19(16(2,3)4)15(20)13-10-18-14-7-6-11(17)9-12(13)14/h5-7,9-10,18H,1,8,17H2,2-4H3. The molecular weight excluding hydrogens is 250 g/mol. The molecule has 2 aromatic rings. The number of fused-ring (bicyclic) bond motifs is 1. The van der Waals surface area contributed by atoms with Gasteiger partial charge in [0.1, 0.15) is 0 Å². The zero-order chi connectivity index (χ0) is 14.9. The van der Waals surface area contributed by atoms with Gasteiger partial charge in [0, 0.05) is 34.9 Å². The molecular formula is C16H21N3O. The largest absolute Gasteiger partial charge is 0.399 e. The Morgan fingerprint density at radius 2 is 2.15 bits per heavy atom. The zero-order valence-electron chi connectivity index (χ0n) is 12.2. The van der Waals surface area contributed by atoms with Crippen molar-refractivity contribution in [3.63, 3.8) is 0 Å². The highest BCUT2D eigenvalue weighted by molar-refractivity contribution is 6.07. The molecule has 3 N–H and O–H groups in total. The van der Waals surface area contributed by atoms with Crippen LogP contribution in [0.1, 0.15) is 31.1 Å². The lowest BCUT2D eigenvalue weighted by Gasteiger charge is -2.34. The summed E-state index contributed by atoms with van der Waals surface area (Å²) in [6.07, 6.45) is 3.49. The molecule has 1 heterocycles. The second-order valence-electron chi connectivity index (χ2n) is 5.88. The molecule has 1 aromatic heterocycles. The molecule has 0 aliphatic rings. The van der Waals surface area contributed by atoms with Crippen LogP contribution < -0.4 is 5.73 Å². The maximum absolute atomic E-state index is 12.8. The van der Waals surface area contributed by atoms with Crippen molar-refractivity contribution in [1.29, 1.82) is 0 Å². The first-order valence-electron chi connectivity index (χ1n) is 6.64. The molecule has 1 amide bonds. The van der Waals surface area contributed by atoms with E-state index in [0.29, 0.717) is 17.8 Å². The minimum atomic E-state index is -0.269. The lowest BCUT2D eigenvalue weighted by molar-refractivity contribution is 0.0619. The Balaban J connectivity index is 2.49. The van der Waals surface area contributed by atoms with E-state index in [-0.39, 0.29) is 11.4 Å². The van der Waals surface area contributed by atoms with Gasteiger partial charge in [-0.1, -0.05) is 6.08 Å². The van der Waals surface area contributed by atoms with Gasteiger partial charge in [0.05, 0.1) is 5.56 Å². The molecule has 20 heavy (non-hydrogen) atoms. The molecule has 0 bridgehead atoms. The number of nitrogens with zero attached hydrogens (tertiary/aromatic N) is 1. The monoisotopic (exact) mass is 271 g/mol. The second kappa shape index (κ2) is 5.04. The van der Waals surface area contributed by atoms with Crippen LogP contribution in [-0.4, -0.2) is 27.9 Å². The molecule has 0 aliphatic heterocycles. The number of hydrogen-bond acceptors (Lipinski definition) is 2. The average molecular weight is 271 g/mol. The molecule has 0 saturated heterocycles. The summed E-state index contributed by atoms with van der Waals surface area (Å²) in [5.41, 5.74) is 7.75. The number of H-pyrrole nitrogens is 1. The van der Waals surface area contributed by atoms with Gasteiger partial charge >= 0.3 is 0 Å². The quantitative estimate of drug-likeness (QED) is 0.665. The fraction of sp³-hybridized carbons (Fsp3) is 0.312. The van der Waals surface area contributed by atoms with Gasteiger partial charge in [0.2, 0.25) is 0 Å². The highest BCUT2D eigenvalue weighted by Gasteiger charge is 2.27. The predicted molar refractivity (Wildman–Crippen MR) is 83.7 cm³/mol. The van der Waals surface area contributed by atoms with Gasteiger partial charge in [-0.05, 0) is 39.0 Å². The molecule has 0 atom stereocenters. The van der Waals surface area contributed by atoms with Crippen molar-refractivity contribution in [2.45, 2.75) is 26.3 Å². The molecule has 0 unspecified atom stereocenters. The van der Waals surface area contributed by atoms with Crippen molar-refractivity contribution >= 4 is 22.5 Å². The van der Waals surface area contributed by atoms with Crippen LogP contribution in [0.5, 0.6) is 0 Å². The number of nitrogen functional groups attached to an aromatic ring is 1. The lowest BCUT2D eigenvalue weighted by atomic mass is 10.0. The van der Waals surface area contributed by atoms with Crippen LogP contribution in [-0.2, 0) is 0 Å². The first-order chi connectivity index (χ1) is 9.34. The molecule has 4 nitrogen and oxygen atoms in total. The van der Waals surface area contributed by atoms with Crippen molar-refractivity contribution in [2.24, 2.45) is 0 Å². The van der Waals surface area contributed by atoms with E-state index in [0.717, 1.165) is 10.9 Å². The van der Waals surface area contributed by atoms with E-state index in [1.807, 2.05) is 39.0 Å². The first-order valence-corrected chi connectivity index (χ1v) is 6.64. The maximum atomic E-state index is 12.8. The van der Waals surface area contributed by atoms with Crippen molar-refractivity contribution < 1.29 is 4.79 Å². The van der Waals surface area contributed by atoms with Crippen LogP contribution in [0, 0.1) is 0 Å². The van der Waals surface area contributed by atoms with E-state index >= 15 is 0 Å². The number of hydrogen-bond donors (Lipinski definition) is 2. The van der Waals surface area contributed by atoms with Crippen LogP contribution in [0.15, 0.2) is 37.1 Å². The van der Waals surface area contributed by atoms with Crippen molar-refractivity contribution in [3.8, 4) is 0 Å². The van der Waals surface area contributed by atoms with Crippen molar-refractivity contribution in [1.82, 2.24) is 9.88 Å². The minimum absolute atomic E-state index is 0.0192. The first kappa shape index (κ1) is 14.2. The number of aromatic amines is 1. The van der Waals surface area contributed by atoms with E-state index in [2.05, 4.69) is 11.6 Å². The summed E-state index contributed by atoms with van der Waals surface area (Å²) in [4.78, 5) is 17.7. The van der Waals surface area contributed by atoms with Gasteiger partial charge in [-0.3, -0.25) is 4.79 Å². The molecule has 0 spiro atoms. The Bertz CT molecular complexity index is 649. The van der Waals surface area contributed by atoms with Gasteiger partial charge in [-0.15, -0.1) is 6.58 Å². The van der Waals surface area contributed by atoms with Gasteiger partial charge in [0.15, 0.2) is 0 Å². The number of aromatic nitrogens is 1. The summed E-state index contributed by atoms with van der Waals surface area (Å²) in [7, 11) is 0. The Labute approximate surface area is 119 Å². The van der Waals surface area contributed by atoms with Crippen LogP contribution in [0.25, 0.3) is 10.9 Å². The van der Waals surface area contributed by atoms with Gasteiger partial charge in [-0.2, -0.15) is 0 Å². The molecule has 2 rings (SSSR count). The number of benzene rings is 1. The van der Waals surface area contributed by atoms with E-state index < -0.39 is 0 Å². The molecule has 106 valence electrons. The van der Waals surface area contributed by atoms with E-state index in [9.17, 15) is 4.79 Å². The third kappa shape index (κ3) is 2.54. The summed E-state index contributed by atoms with van der Waals surface area (Å²) in [5.74, 6) is -0.0192. The predicted octanol–water partition coefficient (Wildman–Crippen LogP) is 3.18. The molecule has 0 fully saturated rings. The molecule has 4 heteroatoms. The van der Waals surface area contributed by atoms with Crippen LogP contribution in [0.3, 0.4) is 0 Å². The SMILES string of the molecule is C=CCN(C(=O)c1c[nH]c2ccc(N)cc12)C(C)(C)C. The Morgan fingerprint density at radius 3 is 2.75 bits per heavy atom. The number of rotatable bonds is 3. The average Bonchev–Trinajstić information content (AvgIpc) is 2.76. The van der Waals surface area contributed by atoms with E-state index in [1.165, 1.54) is 0 Å². The summed E-state index contributed by atoms with van der Waals surface area (Å²) in [5, 5.41) is 0.855. The van der Waals surface area contributed by atoms with E-state index in [1.54, 1.807) is 17.2 Å². The number of carbonyl (C=O) groups excluding carboxylic acids is 1. The number of carbonyl (C=O) groups is 1. The second-order valence-corrected chi connectivity index (χ2v) is 5.88. The van der Waals surface area contributed by atoms with Crippen molar-refractivity contribution in [3.05, 3.63) is 42.6 Å². The minimum Gasteiger partial charge on any atom is -0.399 e. The Morgan fingerprint density at radius 1 is 1.45 bits per heavy atom. The van der Waals surface area contributed by atoms with Crippen LogP contribution >= 0.6 is 0 Å². The fourth-order valence-corrected chi connectivity index (χ4v) is 2.25. The topological polar surface area (TPSA) is 62.1 Å². The molecule has 1 aromatic carbocycles. The zero-order valence-corrected chi connectivity index (χ0v) is 12.2. The highest BCUT2D eigenvalue weighted by Crippen LogP contribution is 2.25. The molecule has 0 saturated carbocycles. The number of amides is 1. The van der Waals surface area contributed by atoms with Crippen molar-refractivity contribution in [2.75, 3.05) is 12.3 Å².